The molecule has 0 aliphatic heterocycles. The van der Waals surface area contributed by atoms with Gasteiger partial charge in [-0.15, -0.1) is 11.8 Å². The molecule has 2 aromatic rings. The molecule has 0 N–H and O–H groups in total. The Balaban J connectivity index is 1.64. The van der Waals surface area contributed by atoms with Crippen molar-refractivity contribution >= 4 is 23.3 Å². The van der Waals surface area contributed by atoms with Crippen LogP contribution >= 0.6 is 11.8 Å². The van der Waals surface area contributed by atoms with Crippen LogP contribution in [0.15, 0.2) is 41.3 Å². The van der Waals surface area contributed by atoms with Gasteiger partial charge >= 0.3 is 6.18 Å². The third kappa shape index (κ3) is 5.40. The number of Topliss-reactive ketones (excluding diaryl/α,β-unsaturated/α-hetero) is 2. The first-order valence-electron chi connectivity index (χ1n) is 10.4. The van der Waals surface area contributed by atoms with Gasteiger partial charge in [0.05, 0.1) is 5.56 Å². The number of aryl methyl sites for hydroxylation is 3. The van der Waals surface area contributed by atoms with E-state index in [1.165, 1.54) is 23.9 Å². The van der Waals surface area contributed by atoms with E-state index in [0.29, 0.717) is 18.6 Å². The summed E-state index contributed by atoms with van der Waals surface area (Å²) < 4.78 is 38.1. The predicted octanol–water partition coefficient (Wildman–Crippen LogP) is 6.69. The SMILES string of the molecule is Cc1cc(C)c(C2C(=O)CC(C(C)CSc3ccc(C(F)(F)F)cc3)CC2=O)c(C)c1. The quantitative estimate of drug-likeness (QED) is 0.377. The molecular weight excluding hydrogens is 421 g/mol. The van der Waals surface area contributed by atoms with Crippen LogP contribution in [0.4, 0.5) is 13.2 Å². The second-order valence-corrected chi connectivity index (χ2v) is 9.75. The number of carbonyl (C=O) groups is 2. The molecule has 2 nitrogen and oxygen atoms in total. The molecule has 0 radical (unpaired) electrons. The van der Waals surface area contributed by atoms with Crippen LogP contribution in [0.25, 0.3) is 0 Å². The molecule has 0 amide bonds. The third-order valence-electron chi connectivity index (χ3n) is 6.10. The Labute approximate surface area is 185 Å². The summed E-state index contributed by atoms with van der Waals surface area (Å²) in [6.45, 7) is 7.90. The molecule has 1 aliphatic carbocycles. The Kier molecular flexibility index (Phi) is 6.99. The van der Waals surface area contributed by atoms with Gasteiger partial charge in [-0.05, 0) is 73.6 Å². The molecule has 1 saturated carbocycles. The van der Waals surface area contributed by atoms with Gasteiger partial charge in [0, 0.05) is 23.5 Å². The van der Waals surface area contributed by atoms with Crippen molar-refractivity contribution in [2.75, 3.05) is 5.75 Å². The number of carbonyl (C=O) groups excluding carboxylic acids is 2. The van der Waals surface area contributed by atoms with E-state index in [9.17, 15) is 22.8 Å². The van der Waals surface area contributed by atoms with Crippen molar-refractivity contribution in [1.82, 2.24) is 0 Å². The maximum atomic E-state index is 13.0. The topological polar surface area (TPSA) is 34.1 Å². The zero-order valence-electron chi connectivity index (χ0n) is 18.2. The Morgan fingerprint density at radius 1 is 0.968 bits per heavy atom. The number of alkyl halides is 3. The highest BCUT2D eigenvalue weighted by Crippen LogP contribution is 2.38. The molecule has 1 unspecified atom stereocenters. The molecule has 0 saturated heterocycles. The molecule has 0 aromatic heterocycles. The lowest BCUT2D eigenvalue weighted by molar-refractivity contribution is -0.138. The summed E-state index contributed by atoms with van der Waals surface area (Å²) >= 11 is 1.46. The zero-order chi connectivity index (χ0) is 22.9. The van der Waals surface area contributed by atoms with Gasteiger partial charge in [0.1, 0.15) is 17.5 Å². The summed E-state index contributed by atoms with van der Waals surface area (Å²) in [6.07, 6.45) is -3.63. The van der Waals surface area contributed by atoms with Crippen molar-refractivity contribution in [2.24, 2.45) is 11.8 Å². The summed E-state index contributed by atoms with van der Waals surface area (Å²) in [5.74, 6) is -0.0216. The van der Waals surface area contributed by atoms with Crippen molar-refractivity contribution in [2.45, 2.75) is 57.5 Å². The van der Waals surface area contributed by atoms with Crippen molar-refractivity contribution in [3.63, 3.8) is 0 Å². The lowest BCUT2D eigenvalue weighted by Crippen LogP contribution is -2.35. The van der Waals surface area contributed by atoms with Gasteiger partial charge in [-0.1, -0.05) is 24.6 Å². The van der Waals surface area contributed by atoms with E-state index in [0.717, 1.165) is 39.3 Å². The van der Waals surface area contributed by atoms with Crippen molar-refractivity contribution < 1.29 is 22.8 Å². The summed E-state index contributed by atoms with van der Waals surface area (Å²) in [5.41, 5.74) is 3.26. The van der Waals surface area contributed by atoms with Crippen LogP contribution < -0.4 is 0 Å². The van der Waals surface area contributed by atoms with E-state index in [2.05, 4.69) is 0 Å². The molecule has 166 valence electrons. The molecule has 1 fully saturated rings. The third-order valence-corrected chi connectivity index (χ3v) is 7.39. The maximum absolute atomic E-state index is 13.0. The monoisotopic (exact) mass is 448 g/mol. The number of halogens is 3. The number of thioether (sulfide) groups is 1. The Morgan fingerprint density at radius 2 is 1.48 bits per heavy atom. The van der Waals surface area contributed by atoms with Crippen LogP contribution in [0.5, 0.6) is 0 Å². The largest absolute Gasteiger partial charge is 0.416 e. The van der Waals surface area contributed by atoms with Gasteiger partial charge in [0.15, 0.2) is 0 Å². The number of ketones is 2. The molecule has 0 heterocycles. The molecule has 1 aliphatic rings. The van der Waals surface area contributed by atoms with E-state index in [4.69, 9.17) is 0 Å². The Morgan fingerprint density at radius 3 is 1.97 bits per heavy atom. The van der Waals surface area contributed by atoms with E-state index in [-0.39, 0.29) is 23.4 Å². The maximum Gasteiger partial charge on any atom is 0.416 e. The smallest absolute Gasteiger partial charge is 0.299 e. The van der Waals surface area contributed by atoms with E-state index < -0.39 is 17.7 Å². The fourth-order valence-corrected chi connectivity index (χ4v) is 5.54. The van der Waals surface area contributed by atoms with Crippen molar-refractivity contribution in [3.8, 4) is 0 Å². The van der Waals surface area contributed by atoms with Gasteiger partial charge in [-0.3, -0.25) is 9.59 Å². The van der Waals surface area contributed by atoms with Gasteiger partial charge in [-0.2, -0.15) is 13.2 Å². The molecule has 2 aromatic carbocycles. The molecule has 1 atom stereocenters. The number of hydrogen-bond acceptors (Lipinski definition) is 3. The summed E-state index contributed by atoms with van der Waals surface area (Å²) in [5, 5.41) is 0. The normalized spacial score (nSPS) is 20.7. The predicted molar refractivity (Wildman–Crippen MR) is 117 cm³/mol. The Bertz CT molecular complexity index is 938. The standard InChI is InChI=1S/C25H27F3O2S/c1-14-9-15(2)23(16(3)10-14)24-21(29)11-18(12-22(24)30)17(4)13-31-20-7-5-19(6-8-20)25(26,27)28/h5-10,17-18,24H,11-13H2,1-4H3. The second kappa shape index (κ2) is 9.19. The number of rotatable bonds is 5. The van der Waals surface area contributed by atoms with Crippen LogP contribution in [-0.4, -0.2) is 17.3 Å². The minimum absolute atomic E-state index is 0.0253. The average molecular weight is 449 g/mol. The first-order valence-corrected chi connectivity index (χ1v) is 11.4. The zero-order valence-corrected chi connectivity index (χ0v) is 19.0. The van der Waals surface area contributed by atoms with E-state index >= 15 is 0 Å². The lowest BCUT2D eigenvalue weighted by atomic mass is 9.71. The molecule has 6 heteroatoms. The summed E-state index contributed by atoms with van der Waals surface area (Å²) in [7, 11) is 0. The fourth-order valence-electron chi connectivity index (χ4n) is 4.48. The average Bonchev–Trinajstić information content (AvgIpc) is 2.67. The molecular formula is C25H27F3O2S. The van der Waals surface area contributed by atoms with Crippen LogP contribution in [0.1, 0.15) is 53.5 Å². The van der Waals surface area contributed by atoms with Crippen LogP contribution in [0.2, 0.25) is 0 Å². The lowest BCUT2D eigenvalue weighted by Gasteiger charge is -2.31. The minimum Gasteiger partial charge on any atom is -0.299 e. The van der Waals surface area contributed by atoms with Crippen molar-refractivity contribution in [3.05, 3.63) is 64.2 Å². The van der Waals surface area contributed by atoms with Crippen molar-refractivity contribution in [1.29, 1.82) is 0 Å². The highest BCUT2D eigenvalue weighted by atomic mass is 32.2. The molecule has 31 heavy (non-hydrogen) atoms. The van der Waals surface area contributed by atoms with E-state index in [1.54, 1.807) is 0 Å². The highest BCUT2D eigenvalue weighted by molar-refractivity contribution is 7.99. The van der Waals surface area contributed by atoms with Gasteiger partial charge in [0.2, 0.25) is 0 Å². The van der Waals surface area contributed by atoms with E-state index in [1.807, 2.05) is 39.8 Å². The van der Waals surface area contributed by atoms with Gasteiger partial charge in [-0.25, -0.2) is 0 Å². The van der Waals surface area contributed by atoms with Crippen LogP contribution in [0.3, 0.4) is 0 Å². The van der Waals surface area contributed by atoms with Crippen LogP contribution in [-0.2, 0) is 15.8 Å². The summed E-state index contributed by atoms with van der Waals surface area (Å²) in [6, 6.07) is 9.12. The highest BCUT2D eigenvalue weighted by Gasteiger charge is 2.39. The number of benzene rings is 2. The number of hydrogen-bond donors (Lipinski definition) is 0. The second-order valence-electron chi connectivity index (χ2n) is 8.66. The fraction of sp³-hybridized carbons (Fsp3) is 0.440. The van der Waals surface area contributed by atoms with Gasteiger partial charge < -0.3 is 0 Å². The molecule has 0 spiro atoms. The first kappa shape index (κ1) is 23.6. The van der Waals surface area contributed by atoms with Gasteiger partial charge in [0.25, 0.3) is 0 Å². The first-order chi connectivity index (χ1) is 14.5. The molecule has 3 rings (SSSR count). The Hall–Kier alpha value is -2.08. The summed E-state index contributed by atoms with van der Waals surface area (Å²) in [4.78, 5) is 26.7. The van der Waals surface area contributed by atoms with Crippen LogP contribution in [0, 0.1) is 32.6 Å². The molecule has 0 bridgehead atoms. The minimum atomic E-state index is -4.34.